The molecule has 0 aliphatic carbocycles. The van der Waals surface area contributed by atoms with Crippen LogP contribution >= 0.6 is 0 Å². The summed E-state index contributed by atoms with van der Waals surface area (Å²) in [4.78, 5) is 7.09. The molecule has 1 aromatic carbocycles. The van der Waals surface area contributed by atoms with E-state index >= 15 is 0 Å². The molecule has 24 heavy (non-hydrogen) atoms. The van der Waals surface area contributed by atoms with Crippen LogP contribution in [0.1, 0.15) is 25.3 Å². The molecule has 2 bridgehead atoms. The summed E-state index contributed by atoms with van der Waals surface area (Å²) in [5.41, 5.74) is 3.94. The van der Waals surface area contributed by atoms with E-state index in [1.165, 1.54) is 18.4 Å². The molecule has 5 rings (SSSR count). The molecule has 2 unspecified atom stereocenters. The Bertz CT molecular complexity index is 857. The maximum atomic E-state index is 6.21. The second-order valence-corrected chi connectivity index (χ2v) is 6.81. The number of fused-ring (bicyclic) bond motifs is 3. The Hall–Kier alpha value is -2.34. The first kappa shape index (κ1) is 14.0. The quantitative estimate of drug-likeness (QED) is 0.802. The first-order valence-electron chi connectivity index (χ1n) is 8.74. The topological polar surface area (TPSA) is 59.1 Å². The van der Waals surface area contributed by atoms with E-state index in [9.17, 15) is 0 Å². The van der Waals surface area contributed by atoms with E-state index in [1.54, 1.807) is 6.20 Å². The van der Waals surface area contributed by atoms with Gasteiger partial charge in [-0.15, -0.1) is 0 Å². The Morgan fingerprint density at radius 3 is 2.79 bits per heavy atom. The van der Waals surface area contributed by atoms with Gasteiger partial charge in [0.2, 0.25) is 0 Å². The molecule has 124 valence electrons. The zero-order chi connectivity index (χ0) is 16.1. The summed E-state index contributed by atoms with van der Waals surface area (Å²) in [5, 5.41) is 8.02. The summed E-state index contributed by atoms with van der Waals surface area (Å²) in [7, 11) is 0. The number of aryl methyl sites for hydroxylation is 1. The molecule has 2 aromatic heterocycles. The van der Waals surface area contributed by atoms with Gasteiger partial charge in [-0.25, -0.2) is 4.68 Å². The fourth-order valence-corrected chi connectivity index (χ4v) is 3.93. The van der Waals surface area contributed by atoms with Crippen LogP contribution in [0.4, 0.5) is 6.01 Å². The average Bonchev–Trinajstić information content (AvgIpc) is 3.33. The number of oxazole rings is 1. The second kappa shape index (κ2) is 5.34. The van der Waals surface area contributed by atoms with E-state index in [0.29, 0.717) is 12.1 Å². The van der Waals surface area contributed by atoms with Gasteiger partial charge in [0.25, 0.3) is 6.01 Å². The lowest BCUT2D eigenvalue weighted by Gasteiger charge is -2.31. The predicted molar refractivity (Wildman–Crippen MR) is 92.7 cm³/mol. The van der Waals surface area contributed by atoms with Crippen molar-refractivity contribution >= 4 is 17.1 Å². The zero-order valence-corrected chi connectivity index (χ0v) is 13.8. The number of hydrogen-bond acceptors (Lipinski definition) is 5. The predicted octanol–water partition coefficient (Wildman–Crippen LogP) is 2.52. The summed E-state index contributed by atoms with van der Waals surface area (Å²) in [6.07, 6.45) is 7.20. The minimum absolute atomic E-state index is 0.565. The molecule has 2 saturated heterocycles. The fourth-order valence-electron chi connectivity index (χ4n) is 3.93. The molecular formula is C18H21N5O. The van der Waals surface area contributed by atoms with E-state index in [0.717, 1.165) is 42.3 Å². The third-order valence-corrected chi connectivity index (χ3v) is 5.17. The lowest BCUT2D eigenvalue weighted by Crippen LogP contribution is -2.51. The van der Waals surface area contributed by atoms with Crippen LogP contribution in [0.2, 0.25) is 0 Å². The first-order valence-corrected chi connectivity index (χ1v) is 8.74. The average molecular weight is 323 g/mol. The van der Waals surface area contributed by atoms with Crippen molar-refractivity contribution in [2.75, 3.05) is 18.0 Å². The van der Waals surface area contributed by atoms with Crippen LogP contribution in [-0.2, 0) is 6.42 Å². The highest BCUT2D eigenvalue weighted by Gasteiger charge is 2.34. The van der Waals surface area contributed by atoms with E-state index in [2.05, 4.69) is 34.4 Å². The Kier molecular flexibility index (Phi) is 3.13. The van der Waals surface area contributed by atoms with Crippen LogP contribution in [0.5, 0.6) is 0 Å². The monoisotopic (exact) mass is 323 g/mol. The summed E-state index contributed by atoms with van der Waals surface area (Å²) >= 11 is 0. The van der Waals surface area contributed by atoms with E-state index in [-0.39, 0.29) is 0 Å². The molecular weight excluding hydrogens is 302 g/mol. The molecule has 0 amide bonds. The molecule has 4 heterocycles. The smallest absolute Gasteiger partial charge is 0.298 e. The van der Waals surface area contributed by atoms with Gasteiger partial charge in [0.15, 0.2) is 5.58 Å². The minimum Gasteiger partial charge on any atom is -0.421 e. The first-order chi connectivity index (χ1) is 11.8. The number of nitrogens with one attached hydrogen (secondary N) is 1. The van der Waals surface area contributed by atoms with Gasteiger partial charge in [0.05, 0.1) is 0 Å². The van der Waals surface area contributed by atoms with Crippen LogP contribution < -0.4 is 10.2 Å². The molecule has 1 N–H and O–H groups in total. The summed E-state index contributed by atoms with van der Waals surface area (Å²) in [6.45, 7) is 4.10. The third-order valence-electron chi connectivity index (χ3n) is 5.17. The molecule has 2 atom stereocenters. The molecule has 6 heteroatoms. The highest BCUT2D eigenvalue weighted by molar-refractivity contribution is 5.84. The second-order valence-electron chi connectivity index (χ2n) is 6.81. The Labute approximate surface area is 140 Å². The van der Waals surface area contributed by atoms with Gasteiger partial charge in [-0.3, -0.25) is 0 Å². The van der Waals surface area contributed by atoms with Gasteiger partial charge in [0.1, 0.15) is 11.2 Å². The Morgan fingerprint density at radius 2 is 2.08 bits per heavy atom. The highest BCUT2D eigenvalue weighted by Crippen LogP contribution is 2.31. The Morgan fingerprint density at radius 1 is 1.25 bits per heavy atom. The molecule has 0 radical (unpaired) electrons. The number of rotatable bonds is 3. The summed E-state index contributed by atoms with van der Waals surface area (Å²) in [5.74, 6) is 0. The number of piperazine rings is 1. The van der Waals surface area contributed by atoms with Crippen molar-refractivity contribution in [3.05, 3.63) is 36.2 Å². The van der Waals surface area contributed by atoms with Crippen molar-refractivity contribution in [2.45, 2.75) is 38.3 Å². The van der Waals surface area contributed by atoms with Crippen molar-refractivity contribution in [3.8, 4) is 5.69 Å². The van der Waals surface area contributed by atoms with Crippen molar-refractivity contribution in [1.29, 1.82) is 0 Å². The van der Waals surface area contributed by atoms with Crippen LogP contribution in [0.3, 0.4) is 0 Å². The maximum Gasteiger partial charge on any atom is 0.298 e. The molecule has 0 spiro atoms. The van der Waals surface area contributed by atoms with Crippen LogP contribution in [0.15, 0.2) is 35.0 Å². The Balaban J connectivity index is 1.61. The number of benzene rings is 1. The fraction of sp³-hybridized carbons (Fsp3) is 0.444. The summed E-state index contributed by atoms with van der Waals surface area (Å²) in [6, 6.07) is 8.07. The SMILES string of the molecule is CCc1cc(-n2cccn2)c2oc(N3CC4CCC(C3)N4)nc2c1. The van der Waals surface area contributed by atoms with Crippen molar-refractivity contribution in [3.63, 3.8) is 0 Å². The van der Waals surface area contributed by atoms with Gasteiger partial charge >= 0.3 is 0 Å². The van der Waals surface area contributed by atoms with Crippen LogP contribution in [0.25, 0.3) is 16.8 Å². The lowest BCUT2D eigenvalue weighted by atomic mass is 10.1. The largest absolute Gasteiger partial charge is 0.421 e. The normalized spacial score (nSPS) is 23.3. The van der Waals surface area contributed by atoms with E-state index < -0.39 is 0 Å². The van der Waals surface area contributed by atoms with Crippen LogP contribution in [-0.4, -0.2) is 39.9 Å². The molecule has 6 nitrogen and oxygen atoms in total. The number of hydrogen-bond donors (Lipinski definition) is 1. The van der Waals surface area contributed by atoms with E-state index in [1.807, 2.05) is 16.9 Å². The minimum atomic E-state index is 0.565. The van der Waals surface area contributed by atoms with Gasteiger partial charge in [0, 0.05) is 37.6 Å². The number of aromatic nitrogens is 3. The molecule has 2 aliphatic heterocycles. The molecule has 0 saturated carbocycles. The summed E-state index contributed by atoms with van der Waals surface area (Å²) < 4.78 is 8.07. The lowest BCUT2D eigenvalue weighted by molar-refractivity contribution is 0.437. The maximum absolute atomic E-state index is 6.21. The standard InChI is InChI=1S/C18H21N5O/c1-2-12-8-15-17(16(9-12)23-7-3-6-19-23)24-18(21-15)22-10-13-4-5-14(11-22)20-13/h3,6-9,13-14,20H,2,4-5,10-11H2,1H3. The van der Waals surface area contributed by atoms with Gasteiger partial charge in [-0.2, -0.15) is 10.1 Å². The van der Waals surface area contributed by atoms with Gasteiger partial charge in [-0.1, -0.05) is 6.92 Å². The number of anilines is 1. The zero-order valence-electron chi connectivity index (χ0n) is 13.8. The van der Waals surface area contributed by atoms with Crippen molar-refractivity contribution < 1.29 is 4.42 Å². The van der Waals surface area contributed by atoms with Gasteiger partial charge in [-0.05, 0) is 43.0 Å². The van der Waals surface area contributed by atoms with Crippen molar-refractivity contribution in [1.82, 2.24) is 20.1 Å². The molecule has 3 aromatic rings. The highest BCUT2D eigenvalue weighted by atomic mass is 16.4. The third kappa shape index (κ3) is 2.21. The van der Waals surface area contributed by atoms with Gasteiger partial charge < -0.3 is 14.6 Å². The number of nitrogens with zero attached hydrogens (tertiary/aromatic N) is 4. The van der Waals surface area contributed by atoms with Crippen LogP contribution in [0, 0.1) is 0 Å². The molecule has 2 aliphatic rings. The molecule has 2 fully saturated rings. The van der Waals surface area contributed by atoms with Crippen molar-refractivity contribution in [2.24, 2.45) is 0 Å². The van der Waals surface area contributed by atoms with E-state index in [4.69, 9.17) is 9.40 Å².